The maximum absolute atomic E-state index is 6.70. The van der Waals surface area contributed by atoms with E-state index in [0.717, 1.165) is 28.2 Å². The van der Waals surface area contributed by atoms with Gasteiger partial charge in [0.2, 0.25) is 0 Å². The van der Waals surface area contributed by atoms with Crippen LogP contribution in [0.3, 0.4) is 0 Å². The summed E-state index contributed by atoms with van der Waals surface area (Å²) in [5, 5.41) is 4.45. The maximum Gasteiger partial charge on any atom is 0.133 e. The third-order valence-corrected chi connectivity index (χ3v) is 8.89. The molecule has 0 aromatic heterocycles. The van der Waals surface area contributed by atoms with Gasteiger partial charge in [0.15, 0.2) is 0 Å². The third-order valence-electron chi connectivity index (χ3n) is 8.29. The molecule has 1 atom stereocenters. The quantitative estimate of drug-likeness (QED) is 0.207. The molecule has 2 aliphatic rings. The predicted molar refractivity (Wildman–Crippen MR) is 163 cm³/mol. The molecule has 194 valence electrons. The first-order valence-corrected chi connectivity index (χ1v) is 14.9. The standard InChI is InChI=1S/C34H35BrN2O/c1-23-19-32-30(21-31(23)36-25-12-5-3-6-13-25)34(28-16-10-9-11-24(28)22-35)29-18-17-27(20-33(29)38-32)37(2)26-14-7-4-8-15-26/h3,5-6,9-13,16-21,26,34,36H,4,7-8,14-15,22H2,1-2H3. The monoisotopic (exact) mass is 566 g/mol. The second kappa shape index (κ2) is 10.9. The van der Waals surface area contributed by atoms with Crippen molar-refractivity contribution in [2.75, 3.05) is 17.3 Å². The number of hydrogen-bond acceptors (Lipinski definition) is 3. The second-order valence-electron chi connectivity index (χ2n) is 10.7. The normalized spacial score (nSPS) is 16.8. The smallest absolute Gasteiger partial charge is 0.133 e. The summed E-state index contributed by atoms with van der Waals surface area (Å²) >= 11 is 3.75. The molecule has 1 aliphatic heterocycles. The molecule has 1 N–H and O–H groups in total. The summed E-state index contributed by atoms with van der Waals surface area (Å²) in [4.78, 5) is 2.47. The zero-order chi connectivity index (χ0) is 26.1. The number of nitrogens with zero attached hydrogens (tertiary/aromatic N) is 1. The first-order chi connectivity index (χ1) is 18.6. The molecule has 0 amide bonds. The zero-order valence-electron chi connectivity index (χ0n) is 22.2. The van der Waals surface area contributed by atoms with Crippen LogP contribution in [0.25, 0.3) is 0 Å². The van der Waals surface area contributed by atoms with Crippen LogP contribution in [0.2, 0.25) is 0 Å². The number of rotatable bonds is 6. The number of benzene rings is 4. The molecule has 1 saturated carbocycles. The van der Waals surface area contributed by atoms with Gasteiger partial charge in [0.05, 0.1) is 0 Å². The highest BCUT2D eigenvalue weighted by Gasteiger charge is 2.32. The largest absolute Gasteiger partial charge is 0.457 e. The molecule has 4 heteroatoms. The van der Waals surface area contributed by atoms with Crippen molar-refractivity contribution in [2.45, 2.75) is 56.3 Å². The van der Waals surface area contributed by atoms with Crippen LogP contribution >= 0.6 is 15.9 Å². The zero-order valence-corrected chi connectivity index (χ0v) is 23.8. The van der Waals surface area contributed by atoms with Gasteiger partial charge in [-0.25, -0.2) is 0 Å². The Morgan fingerprint density at radius 1 is 0.816 bits per heavy atom. The molecule has 4 aromatic rings. The molecule has 0 saturated heterocycles. The molecule has 0 bridgehead atoms. The van der Waals surface area contributed by atoms with E-state index in [4.69, 9.17) is 4.74 Å². The fraction of sp³-hybridized carbons (Fsp3) is 0.294. The minimum Gasteiger partial charge on any atom is -0.457 e. The number of halogens is 1. The third kappa shape index (κ3) is 4.82. The molecule has 1 aliphatic carbocycles. The van der Waals surface area contributed by atoms with E-state index in [2.05, 4.69) is 119 Å². The molecular weight excluding hydrogens is 532 g/mol. The van der Waals surface area contributed by atoms with Gasteiger partial charge in [0, 0.05) is 58.6 Å². The van der Waals surface area contributed by atoms with Crippen LogP contribution in [-0.2, 0) is 5.33 Å². The lowest BCUT2D eigenvalue weighted by Crippen LogP contribution is -2.33. The molecule has 1 unspecified atom stereocenters. The Labute approximate surface area is 235 Å². The van der Waals surface area contributed by atoms with Gasteiger partial charge in [-0.15, -0.1) is 0 Å². The second-order valence-corrected chi connectivity index (χ2v) is 11.2. The summed E-state index contributed by atoms with van der Waals surface area (Å²) in [6.45, 7) is 2.15. The SMILES string of the molecule is Cc1cc2c(cc1Nc1ccccc1)C(c1ccccc1CBr)c1ccc(N(C)C3CCCCC3)cc1O2. The van der Waals surface area contributed by atoms with E-state index in [1.165, 1.54) is 65.6 Å². The molecule has 0 radical (unpaired) electrons. The van der Waals surface area contributed by atoms with Gasteiger partial charge in [-0.2, -0.15) is 0 Å². The number of aryl methyl sites for hydroxylation is 1. The van der Waals surface area contributed by atoms with E-state index < -0.39 is 0 Å². The number of hydrogen-bond donors (Lipinski definition) is 1. The highest BCUT2D eigenvalue weighted by molar-refractivity contribution is 9.08. The highest BCUT2D eigenvalue weighted by Crippen LogP contribution is 2.50. The van der Waals surface area contributed by atoms with Gasteiger partial charge in [-0.05, 0) is 66.8 Å². The average Bonchev–Trinajstić information content (AvgIpc) is 2.97. The van der Waals surface area contributed by atoms with Crippen LogP contribution < -0.4 is 15.0 Å². The molecule has 1 fully saturated rings. The first-order valence-electron chi connectivity index (χ1n) is 13.8. The fourth-order valence-corrected chi connectivity index (χ4v) is 6.64. The fourth-order valence-electron chi connectivity index (χ4n) is 6.13. The molecule has 0 spiro atoms. The summed E-state index contributed by atoms with van der Waals surface area (Å²) in [5.41, 5.74) is 9.64. The number of alkyl halides is 1. The van der Waals surface area contributed by atoms with Crippen LogP contribution in [0.5, 0.6) is 11.5 Å². The Bertz CT molecular complexity index is 1430. The maximum atomic E-state index is 6.70. The van der Waals surface area contributed by atoms with E-state index in [0.29, 0.717) is 6.04 Å². The van der Waals surface area contributed by atoms with E-state index in [1.807, 2.05) is 6.07 Å². The first kappa shape index (κ1) is 25.1. The van der Waals surface area contributed by atoms with Crippen molar-refractivity contribution in [3.63, 3.8) is 0 Å². The predicted octanol–water partition coefficient (Wildman–Crippen LogP) is 9.69. The number of anilines is 3. The Morgan fingerprint density at radius 3 is 2.34 bits per heavy atom. The van der Waals surface area contributed by atoms with Crippen LogP contribution in [0.1, 0.15) is 65.8 Å². The van der Waals surface area contributed by atoms with Gasteiger partial charge in [-0.1, -0.05) is 83.7 Å². The summed E-state index contributed by atoms with van der Waals surface area (Å²) in [7, 11) is 2.25. The van der Waals surface area contributed by atoms with Crippen molar-refractivity contribution in [1.29, 1.82) is 0 Å². The Hall–Kier alpha value is -3.24. The van der Waals surface area contributed by atoms with Crippen molar-refractivity contribution < 1.29 is 4.74 Å². The number of para-hydroxylation sites is 1. The van der Waals surface area contributed by atoms with Crippen molar-refractivity contribution in [3.8, 4) is 11.5 Å². The number of fused-ring (bicyclic) bond motifs is 2. The highest BCUT2D eigenvalue weighted by atomic mass is 79.9. The van der Waals surface area contributed by atoms with Gasteiger partial charge in [-0.3, -0.25) is 0 Å². The summed E-state index contributed by atoms with van der Waals surface area (Å²) in [5.74, 6) is 2.00. The van der Waals surface area contributed by atoms with Crippen LogP contribution in [0.4, 0.5) is 17.1 Å². The molecule has 6 rings (SSSR count). The van der Waals surface area contributed by atoms with E-state index in [-0.39, 0.29) is 5.92 Å². The van der Waals surface area contributed by atoms with Crippen LogP contribution in [-0.4, -0.2) is 13.1 Å². The van der Waals surface area contributed by atoms with Gasteiger partial charge < -0.3 is 15.0 Å². The molecular formula is C34H35BrN2O. The van der Waals surface area contributed by atoms with Gasteiger partial charge in [0.25, 0.3) is 0 Å². The number of nitrogens with one attached hydrogen (secondary N) is 1. The minimum atomic E-state index is 0.0912. The van der Waals surface area contributed by atoms with E-state index in [9.17, 15) is 0 Å². The summed E-state index contributed by atoms with van der Waals surface area (Å²) < 4.78 is 6.70. The summed E-state index contributed by atoms with van der Waals surface area (Å²) in [6, 6.07) is 31.1. The minimum absolute atomic E-state index is 0.0912. The van der Waals surface area contributed by atoms with Crippen molar-refractivity contribution >= 4 is 33.0 Å². The van der Waals surface area contributed by atoms with Crippen molar-refractivity contribution in [1.82, 2.24) is 0 Å². The Balaban J connectivity index is 1.45. The van der Waals surface area contributed by atoms with Gasteiger partial charge >= 0.3 is 0 Å². The molecule has 3 nitrogen and oxygen atoms in total. The lowest BCUT2D eigenvalue weighted by molar-refractivity contribution is 0.426. The van der Waals surface area contributed by atoms with Crippen LogP contribution in [0, 0.1) is 6.92 Å². The van der Waals surface area contributed by atoms with Crippen molar-refractivity contribution in [2.24, 2.45) is 0 Å². The Kier molecular flexibility index (Phi) is 7.16. The lowest BCUT2D eigenvalue weighted by atomic mass is 9.80. The number of ether oxygens (including phenoxy) is 1. The van der Waals surface area contributed by atoms with Gasteiger partial charge in [0.1, 0.15) is 11.5 Å². The molecule has 38 heavy (non-hydrogen) atoms. The van der Waals surface area contributed by atoms with Crippen LogP contribution in [0.15, 0.2) is 84.9 Å². The van der Waals surface area contributed by atoms with E-state index in [1.54, 1.807) is 0 Å². The topological polar surface area (TPSA) is 24.5 Å². The van der Waals surface area contributed by atoms with E-state index >= 15 is 0 Å². The summed E-state index contributed by atoms with van der Waals surface area (Å²) in [6.07, 6.45) is 6.56. The average molecular weight is 568 g/mol. The van der Waals surface area contributed by atoms with Crippen molar-refractivity contribution in [3.05, 3.63) is 113 Å². The lowest BCUT2D eigenvalue weighted by Gasteiger charge is -2.35. The molecule has 4 aromatic carbocycles. The Morgan fingerprint density at radius 2 is 1.55 bits per heavy atom. The molecule has 1 heterocycles.